The molecule has 7 nitrogen and oxygen atoms in total. The molecule has 0 bridgehead atoms. The highest BCUT2D eigenvalue weighted by Crippen LogP contribution is 2.45. The number of allylic oxidation sites excluding steroid dienone is 1. The second-order valence-corrected chi connectivity index (χ2v) is 9.57. The van der Waals surface area contributed by atoms with Gasteiger partial charge in [0.05, 0.1) is 30.8 Å². The molecule has 1 unspecified atom stereocenters. The maximum Gasteiger partial charge on any atom is 0.338 e. The van der Waals surface area contributed by atoms with Crippen molar-refractivity contribution in [2.75, 3.05) is 7.11 Å². The molecule has 8 heteroatoms. The van der Waals surface area contributed by atoms with Crippen LogP contribution in [0.1, 0.15) is 62.3 Å². The average molecular weight is 491 g/mol. The Hall–Kier alpha value is -3.39. The van der Waals surface area contributed by atoms with Gasteiger partial charge in [-0.05, 0) is 40.5 Å². The zero-order valence-corrected chi connectivity index (χ0v) is 21.3. The van der Waals surface area contributed by atoms with Gasteiger partial charge in [0.25, 0.3) is 0 Å². The number of nitrogens with zero attached hydrogens (tertiary/aromatic N) is 3. The van der Waals surface area contributed by atoms with Crippen molar-refractivity contribution in [3.05, 3.63) is 87.9 Å². The number of carbonyl (C=O) groups excluding carboxylic acids is 2. The van der Waals surface area contributed by atoms with Crippen LogP contribution in [0.3, 0.4) is 0 Å². The second kappa shape index (κ2) is 10.9. The normalized spacial score (nSPS) is 17.2. The van der Waals surface area contributed by atoms with E-state index in [-0.39, 0.29) is 12.3 Å². The average Bonchev–Trinajstić information content (AvgIpc) is 3.28. The van der Waals surface area contributed by atoms with Gasteiger partial charge in [0.1, 0.15) is 0 Å². The molecule has 35 heavy (non-hydrogen) atoms. The molecule has 1 N–H and O–H groups in total. The van der Waals surface area contributed by atoms with Crippen LogP contribution in [-0.4, -0.2) is 34.0 Å². The lowest BCUT2D eigenvalue weighted by Gasteiger charge is -2.36. The highest BCUT2D eigenvalue weighted by Gasteiger charge is 2.41. The van der Waals surface area contributed by atoms with E-state index >= 15 is 0 Å². The number of methoxy groups -OCH3 is 1. The third kappa shape index (κ3) is 5.32. The highest BCUT2D eigenvalue weighted by atomic mass is 32.2. The van der Waals surface area contributed by atoms with Crippen molar-refractivity contribution >= 4 is 28.8 Å². The Kier molecular flexibility index (Phi) is 7.70. The van der Waals surface area contributed by atoms with E-state index in [4.69, 9.17) is 9.73 Å². The summed E-state index contributed by atoms with van der Waals surface area (Å²) in [4.78, 5) is 36.7. The number of benzene rings is 1. The van der Waals surface area contributed by atoms with Gasteiger partial charge in [0.2, 0.25) is 5.91 Å². The molecular formula is C27H30N4O3S. The number of ether oxygens (including phenoxy) is 1. The lowest BCUT2D eigenvalue weighted by atomic mass is 9.91. The molecule has 0 spiro atoms. The Bertz CT molecular complexity index is 1190. The number of aromatic nitrogens is 1. The van der Waals surface area contributed by atoms with E-state index in [2.05, 4.69) is 48.4 Å². The Balaban J connectivity index is 1.64. The fourth-order valence-corrected chi connectivity index (χ4v) is 5.16. The molecule has 1 amide bonds. The molecular weight excluding hydrogens is 460 g/mol. The van der Waals surface area contributed by atoms with Crippen LogP contribution >= 0.6 is 11.8 Å². The summed E-state index contributed by atoms with van der Waals surface area (Å²) in [5.74, 6) is -0.115. The minimum atomic E-state index is -0.418. The van der Waals surface area contributed by atoms with Crippen LogP contribution in [0, 0.1) is 0 Å². The zero-order chi connectivity index (χ0) is 24.9. The first-order valence-electron chi connectivity index (χ1n) is 11.7. The van der Waals surface area contributed by atoms with Crippen molar-refractivity contribution < 1.29 is 14.3 Å². The van der Waals surface area contributed by atoms with Crippen molar-refractivity contribution in [3.63, 3.8) is 0 Å². The Morgan fingerprint density at radius 3 is 2.60 bits per heavy atom. The summed E-state index contributed by atoms with van der Waals surface area (Å²) in [7, 11) is 1.39. The molecule has 1 aromatic heterocycles. The summed E-state index contributed by atoms with van der Waals surface area (Å²) in [6.07, 6.45) is 4.21. The van der Waals surface area contributed by atoms with Gasteiger partial charge in [0.15, 0.2) is 5.17 Å². The summed E-state index contributed by atoms with van der Waals surface area (Å²) >= 11 is 1.48. The molecule has 1 atom stereocenters. The van der Waals surface area contributed by atoms with Crippen LogP contribution in [0.2, 0.25) is 0 Å². The van der Waals surface area contributed by atoms with E-state index in [0.717, 1.165) is 22.0 Å². The number of nitrogens with one attached hydrogen (secondary N) is 1. The van der Waals surface area contributed by atoms with E-state index in [1.54, 1.807) is 12.4 Å². The number of aliphatic imine (C=N–C) groups is 1. The molecule has 0 saturated heterocycles. The molecule has 4 rings (SSSR count). The number of carbonyl (C=O) groups is 2. The number of hydrogen-bond donors (Lipinski definition) is 1. The first-order chi connectivity index (χ1) is 16.9. The molecule has 0 fully saturated rings. The molecule has 0 aliphatic carbocycles. The Morgan fingerprint density at radius 2 is 1.97 bits per heavy atom. The number of amidine groups is 1. The minimum absolute atomic E-state index is 0.110. The van der Waals surface area contributed by atoms with E-state index in [1.807, 2.05) is 29.4 Å². The first kappa shape index (κ1) is 24.7. The SMILES string of the molecule is CCC1=C(C(=O)OC)C(c2ccc(C(C)C)cc2)N2C(CC(=O)NCc3cccnc3)=CSC2=N1. The van der Waals surface area contributed by atoms with Gasteiger partial charge in [-0.2, -0.15) is 0 Å². The van der Waals surface area contributed by atoms with Gasteiger partial charge in [-0.15, -0.1) is 0 Å². The molecule has 2 aliphatic rings. The van der Waals surface area contributed by atoms with Crippen LogP contribution in [-0.2, 0) is 20.9 Å². The molecule has 3 heterocycles. The van der Waals surface area contributed by atoms with Crippen molar-refractivity contribution in [1.29, 1.82) is 0 Å². The zero-order valence-electron chi connectivity index (χ0n) is 20.4. The Labute approximate surface area is 210 Å². The fraction of sp³-hybridized carbons (Fsp3) is 0.333. The van der Waals surface area contributed by atoms with E-state index in [9.17, 15) is 9.59 Å². The van der Waals surface area contributed by atoms with E-state index in [1.165, 1.54) is 24.4 Å². The van der Waals surface area contributed by atoms with Gasteiger partial charge >= 0.3 is 5.97 Å². The molecule has 2 aromatic rings. The standard InChI is InChI=1S/C27H30N4O3S/c1-5-22-24(26(33)34-4)25(20-10-8-19(9-11-20)17(2)3)31-21(16-35-27(31)30-22)13-23(32)29-15-18-7-6-12-28-14-18/h6-12,14,16-17,25H,5,13,15H2,1-4H3,(H,29,32). The summed E-state index contributed by atoms with van der Waals surface area (Å²) in [6, 6.07) is 11.7. The van der Waals surface area contributed by atoms with Crippen LogP contribution < -0.4 is 5.32 Å². The lowest BCUT2D eigenvalue weighted by molar-refractivity contribution is -0.136. The first-order valence-corrected chi connectivity index (χ1v) is 12.6. The van der Waals surface area contributed by atoms with Crippen molar-refractivity contribution in [2.45, 2.75) is 52.1 Å². The second-order valence-electron chi connectivity index (χ2n) is 8.74. The monoisotopic (exact) mass is 490 g/mol. The van der Waals surface area contributed by atoms with Gasteiger partial charge in [-0.25, -0.2) is 9.79 Å². The summed E-state index contributed by atoms with van der Waals surface area (Å²) in [5.41, 5.74) is 5.13. The lowest BCUT2D eigenvalue weighted by Crippen LogP contribution is -2.38. The molecule has 0 saturated carbocycles. The van der Waals surface area contributed by atoms with Gasteiger partial charge in [-0.1, -0.05) is 62.9 Å². The molecule has 2 aliphatic heterocycles. The maximum absolute atomic E-state index is 13.0. The predicted molar refractivity (Wildman–Crippen MR) is 138 cm³/mol. The number of thioether (sulfide) groups is 1. The molecule has 182 valence electrons. The van der Waals surface area contributed by atoms with Gasteiger partial charge in [0, 0.05) is 24.6 Å². The highest BCUT2D eigenvalue weighted by molar-refractivity contribution is 8.16. The summed E-state index contributed by atoms with van der Waals surface area (Å²) in [5, 5.41) is 5.68. The minimum Gasteiger partial charge on any atom is -0.466 e. The topological polar surface area (TPSA) is 83.9 Å². The van der Waals surface area contributed by atoms with Crippen molar-refractivity contribution in [3.8, 4) is 0 Å². The predicted octanol–water partition coefficient (Wildman–Crippen LogP) is 5.05. The van der Waals surface area contributed by atoms with Crippen molar-refractivity contribution in [2.24, 2.45) is 4.99 Å². The summed E-state index contributed by atoms with van der Waals surface area (Å²) < 4.78 is 5.18. The number of pyridine rings is 1. The number of rotatable bonds is 8. The molecule has 1 aromatic carbocycles. The largest absolute Gasteiger partial charge is 0.466 e. The van der Waals surface area contributed by atoms with Crippen molar-refractivity contribution in [1.82, 2.24) is 15.2 Å². The maximum atomic E-state index is 13.0. The number of amides is 1. The van der Waals surface area contributed by atoms with Crippen LogP contribution in [0.25, 0.3) is 0 Å². The van der Waals surface area contributed by atoms with E-state index in [0.29, 0.717) is 30.2 Å². The quantitative estimate of drug-likeness (QED) is 0.522. The molecule has 0 radical (unpaired) electrons. The Morgan fingerprint density at radius 1 is 1.20 bits per heavy atom. The summed E-state index contributed by atoms with van der Waals surface area (Å²) in [6.45, 7) is 6.69. The smallest absolute Gasteiger partial charge is 0.338 e. The van der Waals surface area contributed by atoms with Crippen LogP contribution in [0.15, 0.2) is 76.2 Å². The third-order valence-corrected chi connectivity index (χ3v) is 6.99. The van der Waals surface area contributed by atoms with Crippen LogP contribution in [0.5, 0.6) is 0 Å². The fourth-order valence-electron chi connectivity index (χ4n) is 4.22. The van der Waals surface area contributed by atoms with Gasteiger partial charge < -0.3 is 15.0 Å². The third-order valence-electron chi connectivity index (χ3n) is 6.10. The number of esters is 1. The number of fused-ring (bicyclic) bond motifs is 1. The van der Waals surface area contributed by atoms with Crippen LogP contribution in [0.4, 0.5) is 0 Å². The van der Waals surface area contributed by atoms with Gasteiger partial charge in [-0.3, -0.25) is 9.78 Å². The van der Waals surface area contributed by atoms with E-state index < -0.39 is 12.0 Å². The number of hydrogen-bond acceptors (Lipinski definition) is 7.